The summed E-state index contributed by atoms with van der Waals surface area (Å²) in [6.07, 6.45) is 20.6. The van der Waals surface area contributed by atoms with Crippen LogP contribution in [0.15, 0.2) is 48.5 Å². The van der Waals surface area contributed by atoms with E-state index in [1.807, 2.05) is 6.92 Å². The molecular formula is C91H140N2O53S2. The summed E-state index contributed by atoms with van der Waals surface area (Å²) in [5.74, 6) is -34.2. The Labute approximate surface area is 855 Å². The van der Waals surface area contributed by atoms with Crippen LogP contribution in [0, 0.1) is 23.2 Å². The predicted molar refractivity (Wildman–Crippen MR) is 514 cm³/mol. The van der Waals surface area contributed by atoms with Crippen LogP contribution in [0.4, 0.5) is 0 Å². The Bertz CT molecular complexity index is 4140. The second kappa shape index (κ2) is 95.7. The van der Waals surface area contributed by atoms with Gasteiger partial charge in [0.05, 0.1) is 25.7 Å². The molecule has 2 aromatic carbocycles. The lowest BCUT2D eigenvalue weighted by molar-refractivity contribution is -0.174. The number of Topliss-reactive ketones (excluding diaryl/α,β-unsaturated/α-hetero) is 2. The number of aliphatic carboxylic acids is 24. The van der Waals surface area contributed by atoms with Gasteiger partial charge in [-0.3, -0.25) is 116 Å². The number of carboxylic acids is 24. The number of carboxylic acid groups (broad SMARTS) is 24. The van der Waals surface area contributed by atoms with E-state index in [0.717, 1.165) is 103 Å². The molecule has 2 rings (SSSR count). The highest BCUT2D eigenvalue weighted by Gasteiger charge is 2.45. The molecule has 0 aliphatic heterocycles. The van der Waals surface area contributed by atoms with Gasteiger partial charge in [0.2, 0.25) is 0 Å². The molecule has 2 atom stereocenters. The number of ketones is 2. The van der Waals surface area contributed by atoms with Crippen molar-refractivity contribution in [2.24, 2.45) is 23.2 Å². The average Bonchev–Trinajstić information content (AvgIpc) is 0.852. The lowest BCUT2D eigenvalue weighted by atomic mass is 9.79. The van der Waals surface area contributed by atoms with Crippen molar-refractivity contribution in [3.05, 3.63) is 59.7 Å². The van der Waals surface area contributed by atoms with Crippen LogP contribution >= 0.6 is 21.6 Å². The number of aromatic hydroxyl groups is 2. The molecule has 0 aliphatic carbocycles. The fourth-order valence-corrected chi connectivity index (χ4v) is 12.0. The number of carbonyl (C=O) groups is 26. The number of hydrogen-bond acceptors (Lipinski definition) is 33. The fraction of sp³-hybridized carbons (Fsp3) is 0.582. The third-order valence-corrected chi connectivity index (χ3v) is 20.5. The molecular weight excluding hydrogens is 2030 g/mol. The number of carbonyl (C=O) groups excluding carboxylic acids is 2. The first-order valence-electron chi connectivity index (χ1n) is 45.1. The molecule has 0 aliphatic rings. The van der Waals surface area contributed by atoms with E-state index >= 15 is 0 Å². The van der Waals surface area contributed by atoms with E-state index in [2.05, 4.69) is 10.6 Å². The van der Waals surface area contributed by atoms with E-state index in [0.29, 0.717) is 37.7 Å². The smallest absolute Gasteiger partial charge is 0.384 e. The van der Waals surface area contributed by atoms with Gasteiger partial charge >= 0.3 is 149 Å². The van der Waals surface area contributed by atoms with E-state index < -0.39 is 196 Å². The van der Waals surface area contributed by atoms with Crippen LogP contribution < -0.4 is 10.6 Å². The van der Waals surface area contributed by atoms with Gasteiger partial charge in [-0.1, -0.05) is 195 Å². The summed E-state index contributed by atoms with van der Waals surface area (Å²) in [7, 11) is 2.79. The van der Waals surface area contributed by atoms with Crippen LogP contribution in [0.5, 0.6) is 11.5 Å². The van der Waals surface area contributed by atoms with E-state index in [4.69, 9.17) is 117 Å². The van der Waals surface area contributed by atoms with Crippen LogP contribution in [-0.2, 0) is 125 Å². The number of benzene rings is 2. The van der Waals surface area contributed by atoms with Gasteiger partial charge in [0.15, 0.2) is 23.2 Å². The molecule has 0 saturated heterocycles. The minimum absolute atomic E-state index is 0.0807. The van der Waals surface area contributed by atoms with Crippen LogP contribution in [0.3, 0.4) is 0 Å². The molecule has 844 valence electrons. The van der Waals surface area contributed by atoms with E-state index in [-0.39, 0.29) is 131 Å². The highest BCUT2D eigenvalue weighted by molar-refractivity contribution is 8.76. The third kappa shape index (κ3) is 98.6. The fourth-order valence-electron chi connectivity index (χ4n) is 10.1. The Morgan fingerprint density at radius 3 is 0.709 bits per heavy atom. The molecule has 55 nitrogen and oxygen atoms in total. The van der Waals surface area contributed by atoms with E-state index in [9.17, 15) is 145 Å². The molecule has 0 bridgehead atoms. The van der Waals surface area contributed by atoms with Crippen molar-refractivity contribution in [2.75, 3.05) is 24.6 Å². The molecule has 0 aromatic heterocycles. The predicted octanol–water partition coefficient (Wildman–Crippen LogP) is 9.19. The number of nitrogens with one attached hydrogen (secondary N) is 2. The summed E-state index contributed by atoms with van der Waals surface area (Å²) in [4.78, 5) is 263. The molecule has 148 heavy (non-hydrogen) atoms. The van der Waals surface area contributed by atoms with E-state index in [1.165, 1.54) is 72.0 Å². The number of rotatable bonds is 67. The Hall–Kier alpha value is -14.8. The normalized spacial score (nSPS) is 10.4. The number of phenols is 2. The minimum atomic E-state index is -2.67. The first kappa shape index (κ1) is 153. The quantitative estimate of drug-likeness (QED) is 0.0127. The second-order valence-electron chi connectivity index (χ2n) is 30.6. The van der Waals surface area contributed by atoms with Crippen molar-refractivity contribution in [1.29, 1.82) is 0 Å². The SMILES string of the molecule is CC(C(=O)O)C(=O)O.CC(O)(C(=O)O)C(=O)O.CCC(C(=O)O)C(=O)O.CCCC(CCC)(C(=O)O)C(=O)O.CCCCC(C(=O)O)C(=O)O.O=C(O)C(=O)C(=O)O.O=C(O)C(NCCNC(C(=O)O)c1ccccc1O)c1ccccc1O.O=C(O)CC(=O)O.O=C(O)CCC(=O)CCC(=O)O.O=C(O)CCCCCCCCCCC(=O)O.O=C(O)CCCCCCCCCCCC(=O)O.O=C(O)CCSSCCC(=O)O. The van der Waals surface area contributed by atoms with Crippen molar-refractivity contribution in [1.82, 2.24) is 10.6 Å². The van der Waals surface area contributed by atoms with Crippen LogP contribution in [0.25, 0.3) is 0 Å². The monoisotopic (exact) mass is 2170 g/mol. The van der Waals surface area contributed by atoms with Crippen molar-refractivity contribution >= 4 is 176 Å². The first-order valence-corrected chi connectivity index (χ1v) is 47.6. The lowest BCUT2D eigenvalue weighted by Crippen LogP contribution is -2.43. The molecule has 0 spiro atoms. The molecule has 0 radical (unpaired) electrons. The minimum Gasteiger partial charge on any atom is -0.508 e. The summed E-state index contributed by atoms with van der Waals surface area (Å²) in [5, 5.41) is 232. The van der Waals surface area contributed by atoms with Gasteiger partial charge in [0, 0.05) is 74.2 Å². The van der Waals surface area contributed by atoms with Gasteiger partial charge in [-0.15, -0.1) is 0 Å². The number of hydrogen-bond donors (Lipinski definition) is 29. The maximum atomic E-state index is 11.4. The topological polar surface area (TPSA) is 1010 Å². The second-order valence-corrected chi connectivity index (χ2v) is 33.3. The number of aliphatic hydroxyl groups is 1. The standard InChI is InChI=1S/C18H20N2O6.C13H24O4.C12H22O4.C9H16O4.C7H10O5.C7H12O4.C6H10O4S2.C5H8O4.C4H6O5.C4H6O4.C3H2O5.C3H4O4/c21-13-7-3-1-5-11(13)15(17(23)24)19-9-10-20-16(18(25)26)12-6-2-4-8-14(12)22;14-12(15)10-8-6-4-2-1-3-5-7-9-11-13(16)17;13-11(14)9-7-5-3-1-2-4-6-8-10-12(15)16;1-3-5-9(6-4-2,7(10)11)8(12)13;8-5(1-3-6(9)10)2-4-7(11)12;1-2-3-4-5(6(8)9)7(10)11;7-5(8)1-3-11-12-4-2-6(9)10;1-2-3(4(6)7)5(8)9;1-4(9,2(5)6)3(7)8;1-2(3(5)6)4(7)8;4-1(2(5)6)3(7)8;4-2(5)1-3(6)7/h1-8,15-16,19-22H,9-10H2,(H,23,24)(H,25,26);1-11H2,(H,14,15)(H,16,17);1-10H2,(H,13,14)(H,15,16);3-6H2,1-2H3,(H,10,11)(H,12,13);1-4H2,(H,9,10)(H,11,12);5H,2-4H2,1H3,(H,8,9)(H,10,11);1-4H2,(H,7,8)(H,9,10);3H,2H2,1H3,(H,6,7)(H,8,9);9H,1H3,(H,5,6)(H,7,8);2H,1H3,(H,5,6)(H,7,8);(H,5,6)(H,7,8);1H2,(H,4,5)(H,6,7). The average molecular weight is 2170 g/mol. The van der Waals surface area contributed by atoms with Gasteiger partial charge in [-0.25, -0.2) is 19.2 Å². The van der Waals surface area contributed by atoms with Gasteiger partial charge < -0.3 is 138 Å². The Morgan fingerprint density at radius 1 is 0.297 bits per heavy atom. The van der Waals surface area contributed by atoms with Gasteiger partial charge in [0.25, 0.3) is 5.60 Å². The Balaban J connectivity index is -0.000000179. The zero-order valence-electron chi connectivity index (χ0n) is 82.3. The molecule has 29 N–H and O–H groups in total. The highest BCUT2D eigenvalue weighted by atomic mass is 33.1. The van der Waals surface area contributed by atoms with Crippen molar-refractivity contribution < 1.29 is 263 Å². The maximum absolute atomic E-state index is 11.4. The Kier molecular flexibility index (Phi) is 99.2. The molecule has 57 heteroatoms. The summed E-state index contributed by atoms with van der Waals surface area (Å²) >= 11 is 0. The van der Waals surface area contributed by atoms with Gasteiger partial charge in [0.1, 0.15) is 35.8 Å². The summed E-state index contributed by atoms with van der Waals surface area (Å²) in [5.41, 5.74) is -3.80. The third-order valence-electron chi connectivity index (χ3n) is 18.1. The number of para-hydroxylation sites is 2. The van der Waals surface area contributed by atoms with Crippen molar-refractivity contribution in [3.63, 3.8) is 0 Å². The van der Waals surface area contributed by atoms with E-state index in [1.54, 1.807) is 38.1 Å². The molecule has 0 heterocycles. The summed E-state index contributed by atoms with van der Waals surface area (Å²) < 4.78 is 0. The molecule has 0 saturated carbocycles. The lowest BCUT2D eigenvalue weighted by Gasteiger charge is -2.23. The molecule has 0 fully saturated rings. The van der Waals surface area contributed by atoms with Crippen molar-refractivity contribution in [2.45, 2.75) is 290 Å². The van der Waals surface area contributed by atoms with Crippen LogP contribution in [0.2, 0.25) is 0 Å². The summed E-state index contributed by atoms with van der Waals surface area (Å²) in [6.45, 7) is 9.05. The highest BCUT2D eigenvalue weighted by Crippen LogP contribution is 2.31. The van der Waals surface area contributed by atoms with Crippen LogP contribution in [-0.4, -0.2) is 323 Å². The number of phenolic OH excluding ortho intramolecular Hbond substituents is 2. The maximum Gasteiger partial charge on any atom is 0.384 e. The van der Waals surface area contributed by atoms with Gasteiger partial charge in [-0.05, 0) is 77.3 Å². The van der Waals surface area contributed by atoms with Crippen LogP contribution in [0.1, 0.15) is 296 Å². The first-order chi connectivity index (χ1) is 68.6. The van der Waals surface area contributed by atoms with Crippen molar-refractivity contribution in [3.8, 4) is 11.5 Å². The molecule has 0 amide bonds. The zero-order chi connectivity index (χ0) is 117. The zero-order valence-corrected chi connectivity index (χ0v) is 83.9. The summed E-state index contributed by atoms with van der Waals surface area (Å²) in [6, 6.07) is 9.91. The van der Waals surface area contributed by atoms with Gasteiger partial charge in [-0.2, -0.15) is 0 Å². The number of unbranched alkanes of at least 4 members (excludes halogenated alkanes) is 16. The largest absolute Gasteiger partial charge is 0.508 e. The Morgan fingerprint density at radius 2 is 0.554 bits per heavy atom. The molecule has 2 unspecified atom stereocenters. The molecule has 2 aromatic rings.